The molecular formula is C20H18FN7O. The van der Waals surface area contributed by atoms with Crippen LogP contribution in [-0.4, -0.2) is 30.3 Å². The minimum absolute atomic E-state index is 0.0200. The highest BCUT2D eigenvalue weighted by Gasteiger charge is 2.26. The van der Waals surface area contributed by atoms with Gasteiger partial charge in [-0.15, -0.1) is 5.10 Å². The Labute approximate surface area is 165 Å². The third-order valence-corrected chi connectivity index (χ3v) is 4.93. The SMILES string of the molecule is Nc1nc2cc(-c3cnn(CC(=O)Nc4ccc(C5CC5)c(F)c4)c3)ccn2n1. The fraction of sp³-hybridized carbons (Fsp3) is 0.200. The highest BCUT2D eigenvalue weighted by molar-refractivity contribution is 5.90. The van der Waals surface area contributed by atoms with Crippen molar-refractivity contribution in [3.8, 4) is 11.1 Å². The molecule has 1 fully saturated rings. The van der Waals surface area contributed by atoms with E-state index in [0.29, 0.717) is 17.3 Å². The molecule has 0 saturated heterocycles. The van der Waals surface area contributed by atoms with Crippen LogP contribution in [0.3, 0.4) is 0 Å². The molecule has 1 aliphatic rings. The van der Waals surface area contributed by atoms with Crippen molar-refractivity contribution in [3.63, 3.8) is 0 Å². The van der Waals surface area contributed by atoms with Gasteiger partial charge in [0.25, 0.3) is 0 Å². The zero-order valence-electron chi connectivity index (χ0n) is 15.4. The molecule has 0 bridgehead atoms. The summed E-state index contributed by atoms with van der Waals surface area (Å²) < 4.78 is 17.3. The third kappa shape index (κ3) is 3.54. The number of fused-ring (bicyclic) bond motifs is 1. The molecular weight excluding hydrogens is 373 g/mol. The number of anilines is 2. The Bertz CT molecular complexity index is 1220. The lowest BCUT2D eigenvalue weighted by Gasteiger charge is -2.07. The summed E-state index contributed by atoms with van der Waals surface area (Å²) in [4.78, 5) is 16.5. The Kier molecular flexibility index (Phi) is 4.01. The van der Waals surface area contributed by atoms with E-state index in [1.165, 1.54) is 10.7 Å². The largest absolute Gasteiger partial charge is 0.366 e. The van der Waals surface area contributed by atoms with Gasteiger partial charge >= 0.3 is 0 Å². The molecule has 3 aromatic heterocycles. The highest BCUT2D eigenvalue weighted by atomic mass is 19.1. The average Bonchev–Trinajstić information content (AvgIpc) is 3.29. The number of amides is 1. The Morgan fingerprint density at radius 1 is 1.24 bits per heavy atom. The lowest BCUT2D eigenvalue weighted by molar-refractivity contribution is -0.116. The molecule has 29 heavy (non-hydrogen) atoms. The second-order valence-electron chi connectivity index (χ2n) is 7.17. The molecule has 4 aromatic rings. The van der Waals surface area contributed by atoms with E-state index in [1.807, 2.05) is 12.1 Å². The Hall–Kier alpha value is -3.75. The number of aromatic nitrogens is 5. The Balaban J connectivity index is 1.27. The number of nitrogen functional groups attached to an aromatic ring is 1. The Morgan fingerprint density at radius 2 is 2.10 bits per heavy atom. The number of nitrogens with two attached hydrogens (primary N) is 1. The number of hydrogen-bond acceptors (Lipinski definition) is 5. The molecule has 1 aliphatic carbocycles. The van der Waals surface area contributed by atoms with Gasteiger partial charge in [-0.3, -0.25) is 9.48 Å². The predicted molar refractivity (Wildman–Crippen MR) is 106 cm³/mol. The molecule has 3 heterocycles. The lowest BCUT2D eigenvalue weighted by atomic mass is 10.1. The van der Waals surface area contributed by atoms with E-state index in [1.54, 1.807) is 35.2 Å². The van der Waals surface area contributed by atoms with Gasteiger partial charge < -0.3 is 11.1 Å². The summed E-state index contributed by atoms with van der Waals surface area (Å²) >= 11 is 0. The van der Waals surface area contributed by atoms with Gasteiger partial charge in [-0.05, 0) is 54.2 Å². The fourth-order valence-corrected chi connectivity index (χ4v) is 3.36. The van der Waals surface area contributed by atoms with Gasteiger partial charge in [-0.25, -0.2) is 8.91 Å². The monoisotopic (exact) mass is 391 g/mol. The summed E-state index contributed by atoms with van der Waals surface area (Å²) in [5.41, 5.74) is 9.13. The van der Waals surface area contributed by atoms with Crippen molar-refractivity contribution >= 4 is 23.2 Å². The highest BCUT2D eigenvalue weighted by Crippen LogP contribution is 2.41. The molecule has 0 atom stereocenters. The first-order chi connectivity index (χ1) is 14.0. The van der Waals surface area contributed by atoms with Gasteiger partial charge in [0.2, 0.25) is 11.9 Å². The second-order valence-corrected chi connectivity index (χ2v) is 7.17. The Morgan fingerprint density at radius 3 is 2.90 bits per heavy atom. The summed E-state index contributed by atoms with van der Waals surface area (Å²) in [6.45, 7) is 0.0200. The minimum atomic E-state index is -0.279. The van der Waals surface area contributed by atoms with E-state index in [-0.39, 0.29) is 24.2 Å². The van der Waals surface area contributed by atoms with Crippen LogP contribution >= 0.6 is 0 Å². The van der Waals surface area contributed by atoms with Crippen molar-refractivity contribution in [1.29, 1.82) is 0 Å². The van der Waals surface area contributed by atoms with Crippen LogP contribution in [0.15, 0.2) is 48.9 Å². The summed E-state index contributed by atoms with van der Waals surface area (Å²) in [6, 6.07) is 8.58. The van der Waals surface area contributed by atoms with Gasteiger partial charge in [-0.1, -0.05) is 6.07 Å². The number of rotatable bonds is 5. The van der Waals surface area contributed by atoms with E-state index < -0.39 is 0 Å². The van der Waals surface area contributed by atoms with Crippen LogP contribution in [-0.2, 0) is 11.3 Å². The van der Waals surface area contributed by atoms with Crippen LogP contribution in [0.25, 0.3) is 16.8 Å². The zero-order valence-corrected chi connectivity index (χ0v) is 15.4. The first-order valence-electron chi connectivity index (χ1n) is 9.29. The van der Waals surface area contributed by atoms with E-state index in [0.717, 1.165) is 29.5 Å². The van der Waals surface area contributed by atoms with Gasteiger partial charge in [0.15, 0.2) is 5.65 Å². The molecule has 8 nitrogen and oxygen atoms in total. The number of nitrogens with zero attached hydrogens (tertiary/aromatic N) is 5. The number of benzene rings is 1. The molecule has 3 N–H and O–H groups in total. The van der Waals surface area contributed by atoms with Crippen LogP contribution in [0.2, 0.25) is 0 Å². The van der Waals surface area contributed by atoms with Crippen LogP contribution in [0, 0.1) is 5.82 Å². The molecule has 1 aromatic carbocycles. The number of carbonyl (C=O) groups excluding carboxylic acids is 1. The standard InChI is InChI=1S/C20H18FN7O/c21-17-8-15(3-4-16(17)12-1-2-12)24-19(29)11-27-10-14(9-23-27)13-5-6-28-18(7-13)25-20(22)26-28/h3-10,12H,1-2,11H2,(H2,22,26)(H,24,29). The maximum atomic E-state index is 14.1. The molecule has 146 valence electrons. The molecule has 1 amide bonds. The number of nitrogens with one attached hydrogen (secondary N) is 1. The normalized spacial score (nSPS) is 13.7. The first-order valence-corrected chi connectivity index (χ1v) is 9.29. The summed E-state index contributed by atoms with van der Waals surface area (Å²) in [5.74, 6) is -0.0122. The van der Waals surface area contributed by atoms with Crippen molar-refractivity contribution in [2.75, 3.05) is 11.1 Å². The summed E-state index contributed by atoms with van der Waals surface area (Å²) in [6.07, 6.45) is 7.26. The van der Waals surface area contributed by atoms with Gasteiger partial charge in [0.05, 0.1) is 6.20 Å². The molecule has 9 heteroatoms. The molecule has 5 rings (SSSR count). The number of hydrogen-bond donors (Lipinski definition) is 2. The molecule has 0 aliphatic heterocycles. The van der Waals surface area contributed by atoms with Crippen LogP contribution in [0.4, 0.5) is 16.0 Å². The lowest BCUT2D eigenvalue weighted by Crippen LogP contribution is -2.19. The fourth-order valence-electron chi connectivity index (χ4n) is 3.36. The maximum Gasteiger partial charge on any atom is 0.246 e. The topological polar surface area (TPSA) is 103 Å². The maximum absolute atomic E-state index is 14.1. The van der Waals surface area contributed by atoms with E-state index in [2.05, 4.69) is 20.5 Å². The first kappa shape index (κ1) is 17.4. The number of pyridine rings is 1. The van der Waals surface area contributed by atoms with Crippen LogP contribution in [0.5, 0.6) is 0 Å². The van der Waals surface area contributed by atoms with E-state index in [4.69, 9.17) is 5.73 Å². The summed E-state index contributed by atoms with van der Waals surface area (Å²) in [5, 5.41) is 11.0. The van der Waals surface area contributed by atoms with Gasteiger partial charge in [-0.2, -0.15) is 10.1 Å². The van der Waals surface area contributed by atoms with Crippen molar-refractivity contribution < 1.29 is 9.18 Å². The quantitative estimate of drug-likeness (QED) is 0.545. The molecule has 0 radical (unpaired) electrons. The second kappa shape index (κ2) is 6.69. The van der Waals surface area contributed by atoms with Crippen LogP contribution in [0.1, 0.15) is 24.3 Å². The molecule has 0 unspecified atom stereocenters. The van der Waals surface area contributed by atoms with Crippen molar-refractivity contribution in [2.45, 2.75) is 25.3 Å². The number of carbonyl (C=O) groups is 1. The van der Waals surface area contributed by atoms with Crippen molar-refractivity contribution in [2.24, 2.45) is 0 Å². The zero-order chi connectivity index (χ0) is 20.0. The molecule has 0 spiro atoms. The van der Waals surface area contributed by atoms with E-state index >= 15 is 0 Å². The predicted octanol–water partition coefficient (Wildman–Crippen LogP) is 2.83. The van der Waals surface area contributed by atoms with Crippen molar-refractivity contribution in [1.82, 2.24) is 24.4 Å². The average molecular weight is 391 g/mol. The summed E-state index contributed by atoms with van der Waals surface area (Å²) in [7, 11) is 0. The van der Waals surface area contributed by atoms with Gasteiger partial charge in [0.1, 0.15) is 12.4 Å². The molecule has 1 saturated carbocycles. The van der Waals surface area contributed by atoms with Crippen molar-refractivity contribution in [3.05, 3.63) is 60.3 Å². The minimum Gasteiger partial charge on any atom is -0.366 e. The van der Waals surface area contributed by atoms with Crippen LogP contribution < -0.4 is 11.1 Å². The van der Waals surface area contributed by atoms with Gasteiger partial charge in [0, 0.05) is 23.6 Å². The number of halogens is 1. The smallest absolute Gasteiger partial charge is 0.246 e. The van der Waals surface area contributed by atoms with E-state index in [9.17, 15) is 9.18 Å². The third-order valence-electron chi connectivity index (χ3n) is 4.93.